The lowest BCUT2D eigenvalue weighted by molar-refractivity contribution is -0.136. The quantitative estimate of drug-likeness (QED) is 0.644. The van der Waals surface area contributed by atoms with Gasteiger partial charge in [0.15, 0.2) is 0 Å². The second kappa shape index (κ2) is 5.09. The summed E-state index contributed by atoms with van der Waals surface area (Å²) in [7, 11) is 3.21. The number of aliphatic hydroxyl groups is 1. The zero-order valence-electron chi connectivity index (χ0n) is 7.74. The fraction of sp³-hybridized carbons (Fsp3) is 0.625. The van der Waals surface area contributed by atoms with Gasteiger partial charge in [0, 0.05) is 19.5 Å². The zero-order chi connectivity index (χ0) is 9.14. The molecule has 0 aliphatic carbocycles. The third kappa shape index (κ3) is 2.90. The molecule has 5 heteroatoms. The van der Waals surface area contributed by atoms with Gasteiger partial charge in [-0.3, -0.25) is 0 Å². The van der Waals surface area contributed by atoms with Crippen molar-refractivity contribution in [2.45, 2.75) is 6.42 Å². The van der Waals surface area contributed by atoms with E-state index < -0.39 is 5.97 Å². The molecular weight excluding hydrogens is 194 g/mol. The second-order valence-corrected chi connectivity index (χ2v) is 2.90. The number of carbonyl (C=O) groups is 1. The van der Waals surface area contributed by atoms with Crippen molar-refractivity contribution < 1.29 is 14.6 Å². The average molecular weight is 208 g/mol. The van der Waals surface area contributed by atoms with Crippen molar-refractivity contribution in [1.82, 2.24) is 4.90 Å². The molecule has 0 fully saturated rings. The Morgan fingerprint density at radius 3 is 2.77 bits per heavy atom. The number of rotatable bonds is 1. The highest BCUT2D eigenvalue weighted by Gasteiger charge is 2.21. The molecule has 0 unspecified atom stereocenters. The predicted molar refractivity (Wildman–Crippen MR) is 51.0 cm³/mol. The van der Waals surface area contributed by atoms with Crippen LogP contribution < -0.4 is 0 Å². The molecule has 1 rings (SSSR count). The van der Waals surface area contributed by atoms with Crippen LogP contribution in [0.4, 0.5) is 0 Å². The third-order valence-electron chi connectivity index (χ3n) is 1.94. The molecule has 13 heavy (non-hydrogen) atoms. The number of ether oxygens (including phenoxy) is 1. The molecule has 76 valence electrons. The number of esters is 1. The Bertz CT molecular complexity index is 227. The topological polar surface area (TPSA) is 49.8 Å². The molecule has 4 nitrogen and oxygen atoms in total. The van der Waals surface area contributed by atoms with Crippen molar-refractivity contribution in [1.29, 1.82) is 0 Å². The largest absolute Gasteiger partial charge is 0.512 e. The van der Waals surface area contributed by atoms with Crippen LogP contribution in [-0.4, -0.2) is 43.2 Å². The molecule has 1 aliphatic heterocycles. The lowest BCUT2D eigenvalue weighted by Gasteiger charge is -2.23. The van der Waals surface area contributed by atoms with Gasteiger partial charge in [-0.2, -0.15) is 0 Å². The molecule has 0 bridgehead atoms. The van der Waals surface area contributed by atoms with Gasteiger partial charge in [-0.15, -0.1) is 12.4 Å². The fourth-order valence-electron chi connectivity index (χ4n) is 1.19. The minimum Gasteiger partial charge on any atom is -0.512 e. The summed E-state index contributed by atoms with van der Waals surface area (Å²) >= 11 is 0. The first kappa shape index (κ1) is 12.3. The van der Waals surface area contributed by atoms with Crippen molar-refractivity contribution in [2.75, 3.05) is 27.2 Å². The first-order valence-electron chi connectivity index (χ1n) is 3.83. The number of hydrogen-bond donors (Lipinski definition) is 1. The molecule has 1 aliphatic rings. The number of aliphatic hydroxyl groups excluding tert-OH is 1. The fourth-order valence-corrected chi connectivity index (χ4v) is 1.19. The summed E-state index contributed by atoms with van der Waals surface area (Å²) < 4.78 is 4.52. The van der Waals surface area contributed by atoms with E-state index in [2.05, 4.69) is 4.74 Å². The summed E-state index contributed by atoms with van der Waals surface area (Å²) in [5, 5.41) is 9.34. The van der Waals surface area contributed by atoms with Gasteiger partial charge in [-0.05, 0) is 7.05 Å². The SMILES string of the molecule is COC(=O)C1=C(O)CCN(C)C1.Cl. The summed E-state index contributed by atoms with van der Waals surface area (Å²) in [6.45, 7) is 1.25. The molecular formula is C8H14ClNO3. The second-order valence-electron chi connectivity index (χ2n) is 2.90. The van der Waals surface area contributed by atoms with Crippen LogP contribution in [0.2, 0.25) is 0 Å². The lowest BCUT2D eigenvalue weighted by Crippen LogP contribution is -2.31. The van der Waals surface area contributed by atoms with Crippen LogP contribution in [0.1, 0.15) is 6.42 Å². The molecule has 0 atom stereocenters. The van der Waals surface area contributed by atoms with Gasteiger partial charge in [0.05, 0.1) is 12.7 Å². The van der Waals surface area contributed by atoms with E-state index >= 15 is 0 Å². The Morgan fingerprint density at radius 2 is 2.23 bits per heavy atom. The molecule has 0 spiro atoms. The van der Waals surface area contributed by atoms with Gasteiger partial charge < -0.3 is 14.7 Å². The number of carbonyl (C=O) groups excluding carboxylic acids is 1. The van der Waals surface area contributed by atoms with Crippen LogP contribution in [0.15, 0.2) is 11.3 Å². The first-order chi connectivity index (χ1) is 5.65. The summed E-state index contributed by atoms with van der Waals surface area (Å²) in [6, 6.07) is 0. The number of nitrogens with zero attached hydrogens (tertiary/aromatic N) is 1. The summed E-state index contributed by atoms with van der Waals surface area (Å²) in [5.41, 5.74) is 0.381. The zero-order valence-corrected chi connectivity index (χ0v) is 8.56. The van der Waals surface area contributed by atoms with Crippen LogP contribution in [0.3, 0.4) is 0 Å². The Labute approximate surface area is 83.6 Å². The van der Waals surface area contributed by atoms with Crippen LogP contribution in [0.25, 0.3) is 0 Å². The van der Waals surface area contributed by atoms with Crippen molar-refractivity contribution in [3.63, 3.8) is 0 Å². The van der Waals surface area contributed by atoms with Gasteiger partial charge in [-0.1, -0.05) is 0 Å². The molecule has 0 saturated carbocycles. The van der Waals surface area contributed by atoms with Crippen LogP contribution in [0.5, 0.6) is 0 Å². The monoisotopic (exact) mass is 207 g/mol. The predicted octanol–water partition coefficient (Wildman–Crippen LogP) is 0.729. The van der Waals surface area contributed by atoms with E-state index in [0.29, 0.717) is 18.5 Å². The Balaban J connectivity index is 0.00000144. The standard InChI is InChI=1S/C8H13NO3.ClH/c1-9-4-3-7(10)6(5-9)8(11)12-2;/h10H,3-5H2,1-2H3;1H. The van der Waals surface area contributed by atoms with Gasteiger partial charge in [0.2, 0.25) is 0 Å². The van der Waals surface area contributed by atoms with E-state index in [4.69, 9.17) is 0 Å². The van der Waals surface area contributed by atoms with Gasteiger partial charge in [0.25, 0.3) is 0 Å². The third-order valence-corrected chi connectivity index (χ3v) is 1.94. The molecule has 0 aromatic carbocycles. The highest BCUT2D eigenvalue weighted by atomic mass is 35.5. The van der Waals surface area contributed by atoms with Gasteiger partial charge >= 0.3 is 5.97 Å². The Hall–Kier alpha value is -0.740. The summed E-state index contributed by atoms with van der Waals surface area (Å²) in [6.07, 6.45) is 0.529. The molecule has 0 radical (unpaired) electrons. The van der Waals surface area contributed by atoms with Gasteiger partial charge in [0.1, 0.15) is 5.76 Å². The van der Waals surface area contributed by atoms with E-state index in [1.807, 2.05) is 11.9 Å². The molecule has 1 N–H and O–H groups in total. The van der Waals surface area contributed by atoms with Crippen molar-refractivity contribution >= 4 is 18.4 Å². The molecule has 0 amide bonds. The maximum absolute atomic E-state index is 11.1. The smallest absolute Gasteiger partial charge is 0.338 e. The van der Waals surface area contributed by atoms with Crippen LogP contribution >= 0.6 is 12.4 Å². The number of likely N-dealkylation sites (N-methyl/N-ethyl adjacent to an activating group) is 1. The van der Waals surface area contributed by atoms with Gasteiger partial charge in [-0.25, -0.2) is 4.79 Å². The van der Waals surface area contributed by atoms with Crippen LogP contribution in [-0.2, 0) is 9.53 Å². The maximum Gasteiger partial charge on any atom is 0.338 e. The van der Waals surface area contributed by atoms with Crippen LogP contribution in [0, 0.1) is 0 Å². The first-order valence-corrected chi connectivity index (χ1v) is 3.83. The van der Waals surface area contributed by atoms with Crippen molar-refractivity contribution in [3.05, 3.63) is 11.3 Å². The number of halogens is 1. The average Bonchev–Trinajstić information content (AvgIpc) is 2.08. The maximum atomic E-state index is 11.1. The van der Waals surface area contributed by atoms with E-state index in [9.17, 15) is 9.90 Å². The summed E-state index contributed by atoms with van der Waals surface area (Å²) in [5.74, 6) is -0.265. The molecule has 1 heterocycles. The number of hydrogen-bond acceptors (Lipinski definition) is 4. The Morgan fingerprint density at radius 1 is 1.62 bits per heavy atom. The summed E-state index contributed by atoms with van der Waals surface area (Å²) in [4.78, 5) is 13.0. The van der Waals surface area contributed by atoms with E-state index in [1.54, 1.807) is 0 Å². The van der Waals surface area contributed by atoms with Crippen molar-refractivity contribution in [3.8, 4) is 0 Å². The minimum absolute atomic E-state index is 0. The van der Waals surface area contributed by atoms with Crippen molar-refractivity contribution in [2.24, 2.45) is 0 Å². The highest BCUT2D eigenvalue weighted by Crippen LogP contribution is 2.14. The highest BCUT2D eigenvalue weighted by molar-refractivity contribution is 5.89. The van der Waals surface area contributed by atoms with E-state index in [1.165, 1.54) is 7.11 Å². The Kier molecular flexibility index (Phi) is 4.80. The normalized spacial score (nSPS) is 18.0. The van der Waals surface area contributed by atoms with E-state index in [-0.39, 0.29) is 18.2 Å². The molecule has 0 aromatic rings. The minimum atomic E-state index is -0.431. The lowest BCUT2D eigenvalue weighted by atomic mass is 10.1. The molecule has 0 saturated heterocycles. The number of methoxy groups -OCH3 is 1. The van der Waals surface area contributed by atoms with E-state index in [0.717, 1.165) is 6.54 Å². The molecule has 0 aromatic heterocycles.